The molecule has 228 valence electrons. The van der Waals surface area contributed by atoms with Crippen molar-refractivity contribution in [3.63, 3.8) is 0 Å². The van der Waals surface area contributed by atoms with Crippen LogP contribution in [0.25, 0.3) is 23.1 Å². The fraction of sp³-hybridized carbons (Fsp3) is 0.471. The molecule has 3 aromatic rings. The monoisotopic (exact) mass is 593 g/mol. The van der Waals surface area contributed by atoms with Gasteiger partial charge in [0.25, 0.3) is 0 Å². The minimum atomic E-state index is -1.69. The largest absolute Gasteiger partial charge is 0.494 e. The summed E-state index contributed by atoms with van der Waals surface area (Å²) in [4.78, 5) is 23.8. The van der Waals surface area contributed by atoms with Gasteiger partial charge in [0.05, 0.1) is 27.2 Å². The number of rotatable bonds is 15. The molecule has 0 fully saturated rings. The predicted molar refractivity (Wildman–Crippen MR) is 172 cm³/mol. The van der Waals surface area contributed by atoms with Gasteiger partial charge in [-0.3, -0.25) is 9.59 Å². The van der Waals surface area contributed by atoms with E-state index >= 15 is 0 Å². The maximum Gasteiger partial charge on any atom is 0.310 e. The van der Waals surface area contributed by atoms with Crippen molar-refractivity contribution in [3.8, 4) is 5.75 Å². The summed E-state index contributed by atoms with van der Waals surface area (Å²) in [6, 6.07) is 14.2. The summed E-state index contributed by atoms with van der Waals surface area (Å²) in [5.74, 6) is 0.332. The lowest BCUT2D eigenvalue weighted by Crippen LogP contribution is -2.41. The van der Waals surface area contributed by atoms with Crippen molar-refractivity contribution in [1.29, 1.82) is 0 Å². The topological polar surface area (TPSA) is 76.0 Å². The first-order valence-corrected chi connectivity index (χ1v) is 17.7. The summed E-state index contributed by atoms with van der Waals surface area (Å²) in [6.45, 7) is 13.5. The van der Waals surface area contributed by atoms with Crippen LogP contribution in [0.5, 0.6) is 5.75 Å². The molecule has 0 unspecified atom stereocenters. The number of hydrogen-bond donors (Lipinski definition) is 0. The summed E-state index contributed by atoms with van der Waals surface area (Å²) >= 11 is 0. The van der Waals surface area contributed by atoms with E-state index in [2.05, 4.69) is 50.6 Å². The van der Waals surface area contributed by atoms with Crippen LogP contribution in [-0.2, 0) is 36.5 Å². The second-order valence-corrected chi connectivity index (χ2v) is 16.9. The van der Waals surface area contributed by atoms with Gasteiger partial charge in [0, 0.05) is 36.7 Å². The molecule has 0 bridgehead atoms. The van der Waals surface area contributed by atoms with Crippen LogP contribution < -0.4 is 4.74 Å². The minimum absolute atomic E-state index is 0.177. The number of carbonyl (C=O) groups excluding carboxylic acids is 2. The van der Waals surface area contributed by atoms with Crippen molar-refractivity contribution < 1.29 is 28.2 Å². The smallest absolute Gasteiger partial charge is 0.310 e. The molecule has 0 aliphatic heterocycles. The summed E-state index contributed by atoms with van der Waals surface area (Å²) < 4.78 is 24.0. The molecule has 0 aliphatic rings. The van der Waals surface area contributed by atoms with E-state index in [1.54, 1.807) is 0 Å². The molecule has 8 heteroatoms. The van der Waals surface area contributed by atoms with Gasteiger partial charge in [-0.25, -0.2) is 0 Å². The molecule has 0 atom stereocenters. The van der Waals surface area contributed by atoms with Crippen LogP contribution in [0.2, 0.25) is 18.1 Å². The number of methoxy groups -OCH3 is 2. The quantitative estimate of drug-likeness (QED) is 0.0779. The number of nitrogens with zero attached hydrogens (tertiary/aromatic N) is 1. The fourth-order valence-electron chi connectivity index (χ4n) is 4.45. The van der Waals surface area contributed by atoms with Gasteiger partial charge in [-0.2, -0.15) is 0 Å². The van der Waals surface area contributed by atoms with Crippen LogP contribution in [0.15, 0.2) is 48.7 Å². The SMILES string of the molecule is COC(=O)CCCn1cc(CC(=O)OC)c2c(/C=C/c3ccc(OCCCCO[Si](C)(C)C(C)(C)C)cc3)cccc21. The fourth-order valence-corrected chi connectivity index (χ4v) is 5.54. The lowest BCUT2D eigenvalue weighted by Gasteiger charge is -2.36. The zero-order chi connectivity index (χ0) is 30.8. The summed E-state index contributed by atoms with van der Waals surface area (Å²) in [5.41, 5.74) is 3.97. The van der Waals surface area contributed by atoms with Crippen LogP contribution in [0, 0.1) is 0 Å². The standard InChI is InChI=1S/C34H47NO6Si/c1-34(2,3)42(6,7)41-23-9-8-22-40-29-19-16-26(17-20-29)15-18-27-12-10-13-30-33(27)28(24-32(37)39-5)25-35(30)21-11-14-31(36)38-4/h10,12-13,15-20,25H,8-9,11,14,21-24H2,1-7H3/b18-15+. The molecule has 3 rings (SSSR count). The van der Waals surface area contributed by atoms with Crippen LogP contribution in [-0.4, -0.2) is 52.3 Å². The Bertz CT molecular complexity index is 1350. The first-order valence-electron chi connectivity index (χ1n) is 14.7. The lowest BCUT2D eigenvalue weighted by molar-refractivity contribution is -0.141. The molecule has 1 heterocycles. The van der Waals surface area contributed by atoms with Gasteiger partial charge >= 0.3 is 11.9 Å². The van der Waals surface area contributed by atoms with Crippen molar-refractivity contribution >= 4 is 43.3 Å². The number of benzene rings is 2. The summed E-state index contributed by atoms with van der Waals surface area (Å²) in [5, 5.41) is 1.24. The van der Waals surface area contributed by atoms with Gasteiger partial charge < -0.3 is 23.2 Å². The average Bonchev–Trinajstić information content (AvgIpc) is 3.31. The number of esters is 2. The van der Waals surface area contributed by atoms with E-state index in [1.807, 2.05) is 48.7 Å². The Morgan fingerprint density at radius 1 is 0.881 bits per heavy atom. The molecule has 0 radical (unpaired) electrons. The van der Waals surface area contributed by atoms with Crippen molar-refractivity contribution in [2.24, 2.45) is 0 Å². The van der Waals surface area contributed by atoms with Gasteiger partial charge in [0.1, 0.15) is 5.75 Å². The van der Waals surface area contributed by atoms with Gasteiger partial charge in [0.2, 0.25) is 0 Å². The lowest BCUT2D eigenvalue weighted by atomic mass is 10.0. The summed E-state index contributed by atoms with van der Waals surface area (Å²) in [7, 11) is 1.11. The molecule has 42 heavy (non-hydrogen) atoms. The van der Waals surface area contributed by atoms with Gasteiger partial charge in [-0.15, -0.1) is 0 Å². The Labute approximate surface area is 251 Å². The Hall–Kier alpha value is -3.36. The highest BCUT2D eigenvalue weighted by Gasteiger charge is 2.36. The first kappa shape index (κ1) is 33.1. The van der Waals surface area contributed by atoms with E-state index < -0.39 is 8.32 Å². The van der Waals surface area contributed by atoms with E-state index in [4.69, 9.17) is 18.6 Å². The number of carbonyl (C=O) groups is 2. The Morgan fingerprint density at radius 2 is 1.57 bits per heavy atom. The van der Waals surface area contributed by atoms with E-state index in [1.165, 1.54) is 14.2 Å². The van der Waals surface area contributed by atoms with Crippen molar-refractivity contribution in [3.05, 3.63) is 65.4 Å². The zero-order valence-electron chi connectivity index (χ0n) is 26.3. The van der Waals surface area contributed by atoms with Crippen molar-refractivity contribution in [2.45, 2.75) is 77.6 Å². The minimum Gasteiger partial charge on any atom is -0.494 e. The first-order chi connectivity index (χ1) is 19.9. The van der Waals surface area contributed by atoms with Crippen LogP contribution >= 0.6 is 0 Å². The number of hydrogen-bond acceptors (Lipinski definition) is 6. The van der Waals surface area contributed by atoms with E-state index in [0.29, 0.717) is 26.0 Å². The third kappa shape index (κ3) is 9.33. The average molecular weight is 594 g/mol. The number of unbranched alkanes of at least 4 members (excludes halogenated alkanes) is 1. The highest BCUT2D eigenvalue weighted by Crippen LogP contribution is 2.36. The highest BCUT2D eigenvalue weighted by molar-refractivity contribution is 6.74. The number of ether oxygens (including phenoxy) is 3. The van der Waals surface area contributed by atoms with Gasteiger partial charge in [-0.1, -0.05) is 57.2 Å². The van der Waals surface area contributed by atoms with Crippen LogP contribution in [0.1, 0.15) is 63.1 Å². The molecular weight excluding hydrogens is 546 g/mol. The normalized spacial score (nSPS) is 12.2. The maximum atomic E-state index is 12.2. The van der Waals surface area contributed by atoms with Crippen molar-refractivity contribution in [2.75, 3.05) is 27.4 Å². The molecule has 2 aromatic carbocycles. The van der Waals surface area contributed by atoms with Gasteiger partial charge in [0.15, 0.2) is 8.32 Å². The second kappa shape index (κ2) is 15.2. The summed E-state index contributed by atoms with van der Waals surface area (Å²) in [6.07, 6.45) is 9.23. The number of aromatic nitrogens is 1. The number of fused-ring (bicyclic) bond motifs is 1. The third-order valence-corrected chi connectivity index (χ3v) is 12.5. The second-order valence-electron chi connectivity index (χ2n) is 12.1. The van der Waals surface area contributed by atoms with Crippen LogP contribution in [0.3, 0.4) is 0 Å². The van der Waals surface area contributed by atoms with Crippen molar-refractivity contribution in [1.82, 2.24) is 4.57 Å². The molecule has 0 amide bonds. The molecule has 0 spiro atoms. The molecular formula is C34H47NO6Si. The van der Waals surface area contributed by atoms with Crippen LogP contribution in [0.4, 0.5) is 0 Å². The molecule has 1 aromatic heterocycles. The number of aryl methyl sites for hydroxylation is 1. The zero-order valence-corrected chi connectivity index (χ0v) is 27.3. The molecule has 7 nitrogen and oxygen atoms in total. The van der Waals surface area contributed by atoms with E-state index in [9.17, 15) is 9.59 Å². The third-order valence-electron chi connectivity index (χ3n) is 8.00. The van der Waals surface area contributed by atoms with Gasteiger partial charge in [-0.05, 0) is 72.3 Å². The Kier molecular flexibility index (Phi) is 12.0. The predicted octanol–water partition coefficient (Wildman–Crippen LogP) is 7.66. The molecule has 0 saturated heterocycles. The maximum absolute atomic E-state index is 12.2. The molecule has 0 N–H and O–H groups in total. The highest BCUT2D eigenvalue weighted by atomic mass is 28.4. The Balaban J connectivity index is 1.63. The van der Waals surface area contributed by atoms with E-state index in [0.717, 1.165) is 52.8 Å². The molecule has 0 aliphatic carbocycles. The van der Waals surface area contributed by atoms with E-state index in [-0.39, 0.29) is 23.4 Å². The Morgan fingerprint density at radius 3 is 2.24 bits per heavy atom. The molecule has 0 saturated carbocycles.